The average Bonchev–Trinajstić information content (AvgIpc) is 1.94. The Morgan fingerprint density at radius 2 is 2.00 bits per heavy atom. The molecular formula is C6H3Br2F2N. The van der Waals surface area contributed by atoms with Crippen molar-refractivity contribution in [1.82, 2.24) is 4.98 Å². The predicted molar refractivity (Wildman–Crippen MR) is 44.6 cm³/mol. The summed E-state index contributed by atoms with van der Waals surface area (Å²) < 4.78 is 25.0. The van der Waals surface area contributed by atoms with Crippen LogP contribution in [0.15, 0.2) is 21.3 Å². The lowest BCUT2D eigenvalue weighted by Crippen LogP contribution is -1.88. The Bertz CT molecular complexity index is 265. The Balaban J connectivity index is 3.13. The highest BCUT2D eigenvalue weighted by molar-refractivity contribution is 9.11. The zero-order chi connectivity index (χ0) is 8.43. The number of nitrogens with zero attached hydrogens (tertiary/aromatic N) is 1. The molecule has 11 heavy (non-hydrogen) atoms. The predicted octanol–water partition coefficient (Wildman–Crippen LogP) is 3.54. The lowest BCUT2D eigenvalue weighted by Gasteiger charge is -2.01. The van der Waals surface area contributed by atoms with E-state index in [4.69, 9.17) is 0 Å². The normalized spacial score (nSPS) is 10.6. The van der Waals surface area contributed by atoms with Gasteiger partial charge in [-0.3, -0.25) is 0 Å². The summed E-state index contributed by atoms with van der Waals surface area (Å²) in [6.45, 7) is 0. The third-order valence-electron chi connectivity index (χ3n) is 1.07. The van der Waals surface area contributed by atoms with E-state index in [0.717, 1.165) is 0 Å². The van der Waals surface area contributed by atoms with Crippen LogP contribution in [0.3, 0.4) is 0 Å². The number of rotatable bonds is 1. The molecule has 0 N–H and O–H groups in total. The maximum atomic E-state index is 12.1. The lowest BCUT2D eigenvalue weighted by atomic mass is 10.3. The minimum Gasteiger partial charge on any atom is -0.248 e. The van der Waals surface area contributed by atoms with Crippen LogP contribution in [-0.2, 0) is 0 Å². The van der Waals surface area contributed by atoms with Crippen LogP contribution < -0.4 is 0 Å². The first kappa shape index (κ1) is 9.06. The van der Waals surface area contributed by atoms with E-state index in [1.54, 1.807) is 0 Å². The van der Waals surface area contributed by atoms with Crippen molar-refractivity contribution in [2.45, 2.75) is 6.43 Å². The molecule has 0 saturated carbocycles. The van der Waals surface area contributed by atoms with Crippen LogP contribution in [0.25, 0.3) is 0 Å². The van der Waals surface area contributed by atoms with Crippen LogP contribution in [0.1, 0.15) is 12.0 Å². The largest absolute Gasteiger partial charge is 0.266 e. The molecule has 0 aromatic carbocycles. The molecule has 60 valence electrons. The van der Waals surface area contributed by atoms with Gasteiger partial charge in [0.1, 0.15) is 4.60 Å². The average molecular weight is 287 g/mol. The number of alkyl halides is 2. The summed E-state index contributed by atoms with van der Waals surface area (Å²) in [5.41, 5.74) is -0.0978. The fourth-order valence-electron chi connectivity index (χ4n) is 0.591. The smallest absolute Gasteiger partial charge is 0.248 e. The van der Waals surface area contributed by atoms with Gasteiger partial charge in [-0.2, -0.15) is 0 Å². The van der Waals surface area contributed by atoms with Gasteiger partial charge in [0.25, 0.3) is 6.43 Å². The first-order valence-corrected chi connectivity index (χ1v) is 4.29. The van der Waals surface area contributed by atoms with E-state index >= 15 is 0 Å². The molecule has 0 fully saturated rings. The summed E-state index contributed by atoms with van der Waals surface area (Å²) in [6, 6.07) is 1.34. The van der Waals surface area contributed by atoms with Gasteiger partial charge in [0.2, 0.25) is 0 Å². The molecule has 0 aliphatic rings. The molecule has 0 amide bonds. The summed E-state index contributed by atoms with van der Waals surface area (Å²) in [7, 11) is 0. The number of hydrogen-bond donors (Lipinski definition) is 0. The van der Waals surface area contributed by atoms with Gasteiger partial charge in [-0.15, -0.1) is 0 Å². The topological polar surface area (TPSA) is 12.9 Å². The van der Waals surface area contributed by atoms with Crippen molar-refractivity contribution >= 4 is 31.9 Å². The van der Waals surface area contributed by atoms with Crippen molar-refractivity contribution in [3.8, 4) is 0 Å². The van der Waals surface area contributed by atoms with Crippen LogP contribution in [-0.4, -0.2) is 4.98 Å². The Kier molecular flexibility index (Phi) is 2.95. The van der Waals surface area contributed by atoms with Gasteiger partial charge in [-0.1, -0.05) is 0 Å². The van der Waals surface area contributed by atoms with E-state index in [-0.39, 0.29) is 10.2 Å². The van der Waals surface area contributed by atoms with E-state index < -0.39 is 6.43 Å². The fraction of sp³-hybridized carbons (Fsp3) is 0.167. The van der Waals surface area contributed by atoms with Gasteiger partial charge >= 0.3 is 0 Å². The number of hydrogen-bond acceptors (Lipinski definition) is 1. The molecule has 0 spiro atoms. The number of halogens is 4. The zero-order valence-corrected chi connectivity index (χ0v) is 8.36. The zero-order valence-electron chi connectivity index (χ0n) is 5.19. The Morgan fingerprint density at radius 1 is 1.36 bits per heavy atom. The second-order valence-electron chi connectivity index (χ2n) is 1.83. The number of aromatic nitrogens is 1. The first-order chi connectivity index (χ1) is 5.11. The van der Waals surface area contributed by atoms with Crippen molar-refractivity contribution in [1.29, 1.82) is 0 Å². The molecule has 0 unspecified atom stereocenters. The minimum atomic E-state index is -2.49. The summed E-state index contributed by atoms with van der Waals surface area (Å²) in [5, 5.41) is 0. The summed E-state index contributed by atoms with van der Waals surface area (Å²) in [5.74, 6) is 0. The van der Waals surface area contributed by atoms with Crippen LogP contribution in [0.4, 0.5) is 8.78 Å². The second kappa shape index (κ2) is 3.58. The Labute approximate surface area is 79.1 Å². The molecule has 1 heterocycles. The van der Waals surface area contributed by atoms with Gasteiger partial charge < -0.3 is 0 Å². The third kappa shape index (κ3) is 2.20. The van der Waals surface area contributed by atoms with Crippen LogP contribution in [0.5, 0.6) is 0 Å². The second-order valence-corrected chi connectivity index (χ2v) is 3.50. The quantitative estimate of drug-likeness (QED) is 0.720. The molecule has 0 aliphatic carbocycles. The third-order valence-corrected chi connectivity index (χ3v) is 2.16. The highest BCUT2D eigenvalue weighted by Gasteiger charge is 2.12. The molecule has 1 rings (SSSR count). The van der Waals surface area contributed by atoms with Crippen molar-refractivity contribution in [2.75, 3.05) is 0 Å². The lowest BCUT2D eigenvalue weighted by molar-refractivity contribution is 0.150. The fourth-order valence-corrected chi connectivity index (χ4v) is 1.33. The molecule has 1 aromatic rings. The summed E-state index contributed by atoms with van der Waals surface area (Å²) in [6.07, 6.45) is -1.04. The van der Waals surface area contributed by atoms with Gasteiger partial charge in [-0.05, 0) is 37.9 Å². The van der Waals surface area contributed by atoms with Crippen molar-refractivity contribution in [3.05, 3.63) is 26.9 Å². The van der Waals surface area contributed by atoms with E-state index in [1.807, 2.05) is 0 Å². The molecule has 1 aromatic heterocycles. The van der Waals surface area contributed by atoms with E-state index in [1.165, 1.54) is 12.3 Å². The van der Waals surface area contributed by atoms with Crippen molar-refractivity contribution < 1.29 is 8.78 Å². The van der Waals surface area contributed by atoms with Crippen molar-refractivity contribution in [2.24, 2.45) is 0 Å². The highest BCUT2D eigenvalue weighted by atomic mass is 79.9. The van der Waals surface area contributed by atoms with Gasteiger partial charge in [0.15, 0.2) is 0 Å². The monoisotopic (exact) mass is 285 g/mol. The van der Waals surface area contributed by atoms with E-state index in [9.17, 15) is 8.78 Å². The Morgan fingerprint density at radius 3 is 2.45 bits per heavy atom. The van der Waals surface area contributed by atoms with Crippen molar-refractivity contribution in [3.63, 3.8) is 0 Å². The highest BCUT2D eigenvalue weighted by Crippen LogP contribution is 2.27. The van der Waals surface area contributed by atoms with Gasteiger partial charge in [0.05, 0.1) is 5.56 Å². The SMILES string of the molecule is FC(F)c1cc(Br)cnc1Br. The van der Waals surface area contributed by atoms with Gasteiger partial charge in [-0.25, -0.2) is 13.8 Å². The molecule has 0 bridgehead atoms. The molecule has 0 atom stereocenters. The number of pyridine rings is 1. The Hall–Kier alpha value is -0.0300. The standard InChI is InChI=1S/C6H3Br2F2N/c7-3-1-4(6(9)10)5(8)11-2-3/h1-2,6H. The van der Waals surface area contributed by atoms with Crippen LogP contribution in [0.2, 0.25) is 0 Å². The maximum Gasteiger partial charge on any atom is 0.266 e. The maximum absolute atomic E-state index is 12.1. The minimum absolute atomic E-state index is 0.0978. The molecule has 1 nitrogen and oxygen atoms in total. The van der Waals surface area contributed by atoms with E-state index in [2.05, 4.69) is 36.8 Å². The summed E-state index contributed by atoms with van der Waals surface area (Å²) >= 11 is 5.97. The van der Waals surface area contributed by atoms with Crippen LogP contribution >= 0.6 is 31.9 Å². The summed E-state index contributed by atoms with van der Waals surface area (Å²) in [4.78, 5) is 3.69. The van der Waals surface area contributed by atoms with E-state index in [0.29, 0.717) is 4.47 Å². The molecular weight excluding hydrogens is 284 g/mol. The molecule has 0 saturated heterocycles. The molecule has 0 radical (unpaired) electrons. The van der Waals surface area contributed by atoms with Gasteiger partial charge in [0, 0.05) is 10.7 Å². The van der Waals surface area contributed by atoms with Crippen LogP contribution in [0, 0.1) is 0 Å². The molecule has 0 aliphatic heterocycles. The first-order valence-electron chi connectivity index (χ1n) is 2.70. The molecule has 5 heteroatoms.